The lowest BCUT2D eigenvalue weighted by Gasteiger charge is -2.29. The molecule has 0 amide bonds. The minimum absolute atomic E-state index is 0.238. The normalized spacial score (nSPS) is 14.4. The van der Waals surface area contributed by atoms with Crippen molar-refractivity contribution in [1.82, 2.24) is 4.90 Å². The third-order valence-electron chi connectivity index (χ3n) is 3.65. The predicted molar refractivity (Wildman–Crippen MR) is 82.7 cm³/mol. The average Bonchev–Trinajstić information content (AvgIpc) is 2.47. The zero-order chi connectivity index (χ0) is 15.7. The number of nitrogens with zero attached hydrogens (tertiary/aromatic N) is 1. The molecule has 1 aromatic carbocycles. The van der Waals surface area contributed by atoms with Gasteiger partial charge in [-0.1, -0.05) is 18.2 Å². The fourth-order valence-corrected chi connectivity index (χ4v) is 2.34. The van der Waals surface area contributed by atoms with E-state index in [0.717, 1.165) is 13.1 Å². The van der Waals surface area contributed by atoms with Crippen molar-refractivity contribution in [2.24, 2.45) is 5.73 Å². The van der Waals surface area contributed by atoms with Crippen LogP contribution in [0.1, 0.15) is 24.9 Å². The molecule has 0 bridgehead atoms. The van der Waals surface area contributed by atoms with E-state index < -0.39 is 0 Å². The Kier molecular flexibility index (Phi) is 8.45. The number of methoxy groups -OCH3 is 2. The Bertz CT molecular complexity index is 404. The van der Waals surface area contributed by atoms with Crippen LogP contribution in [0.15, 0.2) is 24.3 Å². The summed E-state index contributed by atoms with van der Waals surface area (Å²) >= 11 is 0. The minimum Gasteiger partial charge on any atom is -0.383 e. The van der Waals surface area contributed by atoms with Crippen molar-refractivity contribution in [1.29, 1.82) is 0 Å². The largest absolute Gasteiger partial charge is 0.383 e. The zero-order valence-corrected chi connectivity index (χ0v) is 13.2. The van der Waals surface area contributed by atoms with Crippen molar-refractivity contribution >= 4 is 0 Å². The third kappa shape index (κ3) is 6.09. The minimum atomic E-state index is -0.300. The van der Waals surface area contributed by atoms with E-state index in [1.165, 1.54) is 6.07 Å². The highest BCUT2D eigenvalue weighted by atomic mass is 19.1. The molecule has 120 valence electrons. The Morgan fingerprint density at radius 2 is 1.90 bits per heavy atom. The summed E-state index contributed by atoms with van der Waals surface area (Å²) in [4.78, 5) is 2.26. The molecule has 2 unspecified atom stereocenters. The summed E-state index contributed by atoms with van der Waals surface area (Å²) in [5.41, 5.74) is 6.69. The molecule has 0 saturated heterocycles. The highest BCUT2D eigenvalue weighted by molar-refractivity contribution is 5.20. The van der Waals surface area contributed by atoms with Gasteiger partial charge in [-0.3, -0.25) is 4.90 Å². The molecular formula is C16H27FN2O2. The molecular weight excluding hydrogens is 271 g/mol. The van der Waals surface area contributed by atoms with E-state index in [-0.39, 0.29) is 17.9 Å². The molecule has 0 fully saturated rings. The number of hydrogen-bond acceptors (Lipinski definition) is 4. The summed E-state index contributed by atoms with van der Waals surface area (Å²) in [6.45, 7) is 5.00. The summed E-state index contributed by atoms with van der Waals surface area (Å²) in [6.07, 6.45) is 0.693. The van der Waals surface area contributed by atoms with Crippen LogP contribution in [-0.2, 0) is 9.47 Å². The Balaban J connectivity index is 2.56. The van der Waals surface area contributed by atoms with Gasteiger partial charge in [-0.15, -0.1) is 0 Å². The van der Waals surface area contributed by atoms with E-state index in [1.54, 1.807) is 26.4 Å². The maximum absolute atomic E-state index is 13.7. The van der Waals surface area contributed by atoms with Crippen molar-refractivity contribution in [3.05, 3.63) is 35.6 Å². The predicted octanol–water partition coefficient (Wildman–Crippen LogP) is 2.20. The van der Waals surface area contributed by atoms with Gasteiger partial charge in [-0.25, -0.2) is 4.39 Å². The van der Waals surface area contributed by atoms with Crippen molar-refractivity contribution in [3.8, 4) is 0 Å². The summed E-state index contributed by atoms with van der Waals surface area (Å²) in [7, 11) is 3.38. The van der Waals surface area contributed by atoms with Gasteiger partial charge >= 0.3 is 0 Å². The number of rotatable bonds is 10. The fraction of sp³-hybridized carbons (Fsp3) is 0.625. The molecule has 21 heavy (non-hydrogen) atoms. The molecule has 0 aromatic heterocycles. The van der Waals surface area contributed by atoms with Gasteiger partial charge in [0.25, 0.3) is 0 Å². The zero-order valence-electron chi connectivity index (χ0n) is 13.2. The Hall–Kier alpha value is -1.01. The quantitative estimate of drug-likeness (QED) is 0.719. The van der Waals surface area contributed by atoms with Crippen LogP contribution in [0.5, 0.6) is 0 Å². The highest BCUT2D eigenvalue weighted by Gasteiger charge is 2.17. The SMILES string of the molecule is COCCN(CCC(N)c1ccccc1F)C(C)COC. The first-order valence-electron chi connectivity index (χ1n) is 7.32. The van der Waals surface area contributed by atoms with Crippen molar-refractivity contribution in [2.45, 2.75) is 25.4 Å². The van der Waals surface area contributed by atoms with E-state index in [9.17, 15) is 4.39 Å². The Morgan fingerprint density at radius 3 is 2.52 bits per heavy atom. The van der Waals surface area contributed by atoms with Crippen LogP contribution in [-0.4, -0.2) is 51.5 Å². The number of ether oxygens (including phenoxy) is 2. The van der Waals surface area contributed by atoms with Gasteiger partial charge in [0.1, 0.15) is 5.82 Å². The molecule has 2 atom stereocenters. The summed E-state index contributed by atoms with van der Waals surface area (Å²) in [6, 6.07) is 6.67. The van der Waals surface area contributed by atoms with Crippen LogP contribution >= 0.6 is 0 Å². The highest BCUT2D eigenvalue weighted by Crippen LogP contribution is 2.18. The molecule has 0 radical (unpaired) electrons. The van der Waals surface area contributed by atoms with Crippen LogP contribution in [0.25, 0.3) is 0 Å². The summed E-state index contributed by atoms with van der Waals surface area (Å²) in [5, 5.41) is 0. The van der Waals surface area contributed by atoms with Crippen LogP contribution in [0.2, 0.25) is 0 Å². The molecule has 0 aliphatic rings. The van der Waals surface area contributed by atoms with E-state index in [4.69, 9.17) is 15.2 Å². The fourth-order valence-electron chi connectivity index (χ4n) is 2.34. The monoisotopic (exact) mass is 298 g/mol. The molecule has 0 saturated carbocycles. The van der Waals surface area contributed by atoms with Crippen LogP contribution in [0.4, 0.5) is 4.39 Å². The molecule has 5 heteroatoms. The van der Waals surface area contributed by atoms with Gasteiger partial charge in [-0.05, 0) is 19.4 Å². The van der Waals surface area contributed by atoms with Gasteiger partial charge in [0.05, 0.1) is 13.2 Å². The van der Waals surface area contributed by atoms with Crippen LogP contribution in [0, 0.1) is 5.82 Å². The molecule has 4 nitrogen and oxygen atoms in total. The molecule has 0 aliphatic carbocycles. The first-order chi connectivity index (χ1) is 10.1. The van der Waals surface area contributed by atoms with Gasteiger partial charge in [0, 0.05) is 45.0 Å². The molecule has 1 rings (SSSR count). The van der Waals surface area contributed by atoms with Crippen molar-refractivity contribution < 1.29 is 13.9 Å². The van der Waals surface area contributed by atoms with E-state index in [0.29, 0.717) is 25.2 Å². The molecule has 0 spiro atoms. The van der Waals surface area contributed by atoms with E-state index in [2.05, 4.69) is 11.8 Å². The van der Waals surface area contributed by atoms with Crippen molar-refractivity contribution in [3.63, 3.8) is 0 Å². The van der Waals surface area contributed by atoms with Crippen LogP contribution < -0.4 is 5.73 Å². The number of hydrogen-bond donors (Lipinski definition) is 1. The van der Waals surface area contributed by atoms with Gasteiger partial charge < -0.3 is 15.2 Å². The van der Waals surface area contributed by atoms with E-state index in [1.807, 2.05) is 6.07 Å². The smallest absolute Gasteiger partial charge is 0.127 e. The maximum Gasteiger partial charge on any atom is 0.127 e. The Morgan fingerprint density at radius 1 is 1.19 bits per heavy atom. The first-order valence-corrected chi connectivity index (χ1v) is 7.32. The summed E-state index contributed by atoms with van der Waals surface area (Å²) < 4.78 is 24.1. The van der Waals surface area contributed by atoms with E-state index >= 15 is 0 Å². The second-order valence-electron chi connectivity index (χ2n) is 5.25. The standard InChI is InChI=1S/C16H27FN2O2/c1-13(12-21-3)19(10-11-20-2)9-8-16(18)14-6-4-5-7-15(14)17/h4-7,13,16H,8-12,18H2,1-3H3. The lowest BCUT2D eigenvalue weighted by atomic mass is 10.0. The molecule has 2 N–H and O–H groups in total. The molecule has 0 aliphatic heterocycles. The Labute approximate surface area is 127 Å². The lowest BCUT2D eigenvalue weighted by Crippen LogP contribution is -2.40. The molecule has 0 heterocycles. The lowest BCUT2D eigenvalue weighted by molar-refractivity contribution is 0.0731. The second kappa shape index (κ2) is 9.84. The average molecular weight is 298 g/mol. The second-order valence-corrected chi connectivity index (χ2v) is 5.25. The van der Waals surface area contributed by atoms with Crippen molar-refractivity contribution in [2.75, 3.05) is 40.5 Å². The van der Waals surface area contributed by atoms with Gasteiger partial charge in [0.15, 0.2) is 0 Å². The summed E-state index contributed by atoms with van der Waals surface area (Å²) in [5.74, 6) is -0.238. The number of benzene rings is 1. The molecule has 1 aromatic rings. The number of nitrogens with two attached hydrogens (primary N) is 1. The van der Waals surface area contributed by atoms with Gasteiger partial charge in [0.2, 0.25) is 0 Å². The van der Waals surface area contributed by atoms with Gasteiger partial charge in [-0.2, -0.15) is 0 Å². The first kappa shape index (κ1) is 18.0. The number of halogens is 1. The maximum atomic E-state index is 13.7. The van der Waals surface area contributed by atoms with Crippen LogP contribution in [0.3, 0.4) is 0 Å². The topological polar surface area (TPSA) is 47.7 Å². The third-order valence-corrected chi connectivity index (χ3v) is 3.65.